The van der Waals surface area contributed by atoms with E-state index in [1.807, 2.05) is 43.3 Å². The minimum Gasteiger partial charge on any atom is -0.444 e. The van der Waals surface area contributed by atoms with Crippen molar-refractivity contribution in [2.45, 2.75) is 46.3 Å². The van der Waals surface area contributed by atoms with Crippen LogP contribution in [0.15, 0.2) is 54.6 Å². The number of benzene rings is 2. The molecule has 0 saturated carbocycles. The van der Waals surface area contributed by atoms with Crippen LogP contribution in [0.3, 0.4) is 0 Å². The number of hydrogen-bond acceptors (Lipinski definition) is 4. The number of carbonyl (C=O) groups excluding carboxylic acids is 3. The Kier molecular flexibility index (Phi) is 9.01. The normalized spacial score (nSPS) is 11.1. The minimum atomic E-state index is -0.592. The molecule has 3 N–H and O–H groups in total. The first-order valence-electron chi connectivity index (χ1n) is 10.5. The third kappa shape index (κ3) is 9.04. The monoisotopic (exact) mass is 437 g/mol. The second kappa shape index (κ2) is 11.7. The predicted molar refractivity (Wildman–Crippen MR) is 126 cm³/mol. The van der Waals surface area contributed by atoms with Crippen molar-refractivity contribution < 1.29 is 19.1 Å². The Hall–Kier alpha value is -3.61. The highest BCUT2D eigenvalue weighted by atomic mass is 16.6. The van der Waals surface area contributed by atoms with Crippen molar-refractivity contribution in [3.05, 3.63) is 71.3 Å². The van der Waals surface area contributed by atoms with Gasteiger partial charge in [-0.05, 0) is 56.5 Å². The number of nitrogens with one attached hydrogen (secondary N) is 3. The summed E-state index contributed by atoms with van der Waals surface area (Å²) in [6, 6.07) is 15.0. The van der Waals surface area contributed by atoms with Crippen LogP contribution in [-0.2, 0) is 20.9 Å². The van der Waals surface area contributed by atoms with Gasteiger partial charge in [-0.3, -0.25) is 9.59 Å². The fourth-order valence-electron chi connectivity index (χ4n) is 2.78. The molecule has 2 aromatic rings. The second-order valence-corrected chi connectivity index (χ2v) is 8.29. The summed E-state index contributed by atoms with van der Waals surface area (Å²) in [6.45, 7) is 7.72. The molecule has 0 unspecified atom stereocenters. The zero-order chi connectivity index (χ0) is 23.6. The van der Waals surface area contributed by atoms with Crippen molar-refractivity contribution in [1.82, 2.24) is 10.6 Å². The van der Waals surface area contributed by atoms with Crippen LogP contribution >= 0.6 is 0 Å². The predicted octanol–water partition coefficient (Wildman–Crippen LogP) is 4.18. The van der Waals surface area contributed by atoms with Crippen molar-refractivity contribution >= 4 is 29.7 Å². The lowest BCUT2D eigenvalue weighted by atomic mass is 10.1. The Labute approximate surface area is 189 Å². The molecule has 0 saturated heterocycles. The summed E-state index contributed by atoms with van der Waals surface area (Å²) in [5.74, 6) is -0.477. The molecule has 2 rings (SSSR count). The first-order chi connectivity index (χ1) is 15.1. The zero-order valence-electron chi connectivity index (χ0n) is 19.0. The topological polar surface area (TPSA) is 96.5 Å². The van der Waals surface area contributed by atoms with Gasteiger partial charge in [-0.2, -0.15) is 0 Å². The van der Waals surface area contributed by atoms with Gasteiger partial charge in [0.1, 0.15) is 5.60 Å². The molecular formula is C25H31N3O4. The summed E-state index contributed by atoms with van der Waals surface area (Å²) in [5, 5.41) is 8.21. The maximum atomic E-state index is 12.3. The van der Waals surface area contributed by atoms with Crippen LogP contribution in [0.1, 0.15) is 43.9 Å². The molecule has 2 aromatic carbocycles. The molecule has 0 aliphatic carbocycles. The fourth-order valence-corrected chi connectivity index (χ4v) is 2.78. The Balaban J connectivity index is 1.84. The number of carbonyl (C=O) groups is 3. The van der Waals surface area contributed by atoms with Gasteiger partial charge in [0.05, 0.1) is 0 Å². The molecule has 0 aliphatic rings. The fraction of sp³-hybridized carbons (Fsp3) is 0.320. The van der Waals surface area contributed by atoms with E-state index in [9.17, 15) is 14.4 Å². The maximum absolute atomic E-state index is 12.3. The number of anilines is 1. The molecule has 0 aliphatic heterocycles. The molecule has 170 valence electrons. The van der Waals surface area contributed by atoms with Crippen LogP contribution in [0.4, 0.5) is 10.5 Å². The number of aryl methyl sites for hydroxylation is 1. The van der Waals surface area contributed by atoms with Gasteiger partial charge in [0.15, 0.2) is 0 Å². The van der Waals surface area contributed by atoms with Gasteiger partial charge in [0, 0.05) is 31.3 Å². The number of para-hydroxylation sites is 1. The third-order valence-electron chi connectivity index (χ3n) is 4.37. The first-order valence-corrected chi connectivity index (χ1v) is 10.5. The van der Waals surface area contributed by atoms with Gasteiger partial charge in [-0.25, -0.2) is 4.79 Å². The average molecular weight is 438 g/mol. The third-order valence-corrected chi connectivity index (χ3v) is 4.37. The lowest BCUT2D eigenvalue weighted by Gasteiger charge is -2.19. The summed E-state index contributed by atoms with van der Waals surface area (Å²) in [6.07, 6.45) is 2.80. The van der Waals surface area contributed by atoms with E-state index in [2.05, 4.69) is 16.0 Å². The van der Waals surface area contributed by atoms with E-state index in [0.29, 0.717) is 5.69 Å². The van der Waals surface area contributed by atoms with E-state index in [0.717, 1.165) is 16.7 Å². The Bertz CT molecular complexity index is 977. The standard InChI is InChI=1S/C25H31N3O4/c1-18-9-5-6-10-19(18)13-14-22(29)27-17-20-11-7-8-12-21(20)28-23(30)15-16-26-24(31)32-25(2,3)4/h5-14H,15-17H2,1-4H3,(H,26,31)(H,27,29)(H,28,30)/b14-13+. The quantitative estimate of drug-likeness (QED) is 0.540. The molecular weight excluding hydrogens is 406 g/mol. The van der Waals surface area contributed by atoms with Gasteiger partial charge >= 0.3 is 6.09 Å². The second-order valence-electron chi connectivity index (χ2n) is 8.29. The summed E-state index contributed by atoms with van der Waals surface area (Å²) in [4.78, 5) is 36.1. The highest BCUT2D eigenvalue weighted by Gasteiger charge is 2.16. The molecule has 0 fully saturated rings. The van der Waals surface area contributed by atoms with Crippen molar-refractivity contribution in [3.8, 4) is 0 Å². The van der Waals surface area contributed by atoms with Crippen LogP contribution in [0.25, 0.3) is 6.08 Å². The summed E-state index contributed by atoms with van der Waals surface area (Å²) in [7, 11) is 0. The lowest BCUT2D eigenvalue weighted by molar-refractivity contribution is -0.117. The SMILES string of the molecule is Cc1ccccc1/C=C/C(=O)NCc1ccccc1NC(=O)CCNC(=O)OC(C)(C)C. The van der Waals surface area contributed by atoms with Gasteiger partial charge in [0.2, 0.25) is 11.8 Å². The average Bonchev–Trinajstić information content (AvgIpc) is 2.71. The number of amides is 3. The van der Waals surface area contributed by atoms with Crippen LogP contribution in [0, 0.1) is 6.92 Å². The van der Waals surface area contributed by atoms with Crippen LogP contribution in [-0.4, -0.2) is 30.1 Å². The van der Waals surface area contributed by atoms with Crippen LogP contribution in [0.2, 0.25) is 0 Å². The highest BCUT2D eigenvalue weighted by molar-refractivity contribution is 5.93. The number of ether oxygens (including phenoxy) is 1. The van der Waals surface area contributed by atoms with Gasteiger partial charge < -0.3 is 20.7 Å². The highest BCUT2D eigenvalue weighted by Crippen LogP contribution is 2.15. The Morgan fingerprint density at radius 2 is 1.66 bits per heavy atom. The molecule has 0 aromatic heterocycles. The van der Waals surface area contributed by atoms with Crippen LogP contribution < -0.4 is 16.0 Å². The van der Waals surface area contributed by atoms with E-state index < -0.39 is 11.7 Å². The molecule has 32 heavy (non-hydrogen) atoms. The molecule has 7 heteroatoms. The molecule has 0 radical (unpaired) electrons. The Morgan fingerprint density at radius 1 is 0.969 bits per heavy atom. The first kappa shape index (κ1) is 24.7. The van der Waals surface area contributed by atoms with E-state index in [4.69, 9.17) is 4.74 Å². The molecule has 0 spiro atoms. The van der Waals surface area contributed by atoms with Gasteiger partial charge in [-0.1, -0.05) is 42.5 Å². The van der Waals surface area contributed by atoms with Crippen molar-refractivity contribution in [3.63, 3.8) is 0 Å². The summed E-state index contributed by atoms with van der Waals surface area (Å²) >= 11 is 0. The minimum absolute atomic E-state index is 0.0963. The molecule has 0 bridgehead atoms. The summed E-state index contributed by atoms with van der Waals surface area (Å²) in [5.41, 5.74) is 2.86. The molecule has 3 amide bonds. The van der Waals surface area contributed by atoms with E-state index in [1.54, 1.807) is 39.0 Å². The van der Waals surface area contributed by atoms with E-state index in [1.165, 1.54) is 6.08 Å². The number of alkyl carbamates (subject to hydrolysis) is 1. The lowest BCUT2D eigenvalue weighted by Crippen LogP contribution is -2.34. The van der Waals surface area contributed by atoms with Crippen molar-refractivity contribution in [2.75, 3.05) is 11.9 Å². The van der Waals surface area contributed by atoms with Gasteiger partial charge in [0.25, 0.3) is 0 Å². The number of hydrogen-bond donors (Lipinski definition) is 3. The molecule has 0 atom stereocenters. The van der Waals surface area contributed by atoms with E-state index >= 15 is 0 Å². The maximum Gasteiger partial charge on any atom is 0.407 e. The number of rotatable bonds is 8. The summed E-state index contributed by atoms with van der Waals surface area (Å²) < 4.78 is 5.14. The van der Waals surface area contributed by atoms with E-state index in [-0.39, 0.29) is 31.3 Å². The molecule has 7 nitrogen and oxygen atoms in total. The zero-order valence-corrected chi connectivity index (χ0v) is 19.0. The van der Waals surface area contributed by atoms with Gasteiger partial charge in [-0.15, -0.1) is 0 Å². The molecule has 0 heterocycles. The smallest absolute Gasteiger partial charge is 0.407 e. The van der Waals surface area contributed by atoms with Crippen molar-refractivity contribution in [2.24, 2.45) is 0 Å². The largest absolute Gasteiger partial charge is 0.444 e. The van der Waals surface area contributed by atoms with Crippen LogP contribution in [0.5, 0.6) is 0 Å². The van der Waals surface area contributed by atoms with Crippen molar-refractivity contribution in [1.29, 1.82) is 0 Å². The Morgan fingerprint density at radius 3 is 2.38 bits per heavy atom.